The molecular weight excluding hydrogens is 312 g/mol. The van der Waals surface area contributed by atoms with Gasteiger partial charge >= 0.3 is 5.97 Å². The van der Waals surface area contributed by atoms with Gasteiger partial charge in [-0.05, 0) is 29.5 Å². The van der Waals surface area contributed by atoms with Crippen molar-refractivity contribution in [2.24, 2.45) is 0 Å². The number of hydrogen-bond donors (Lipinski definition) is 0. The Balaban J connectivity index is 1.96. The molecule has 4 nitrogen and oxygen atoms in total. The molecule has 0 atom stereocenters. The smallest absolute Gasteiger partial charge is 0.312 e. The SMILES string of the molecule is CCN1CCN(CCC(=O)Oc2c(C(C)C)cccc2C(C)C)CC1. The first kappa shape index (κ1) is 19.9. The van der Waals surface area contributed by atoms with Crippen LogP contribution in [0.1, 0.15) is 64.0 Å². The average Bonchev–Trinajstić information content (AvgIpc) is 2.60. The Morgan fingerprint density at radius 1 is 1.00 bits per heavy atom. The van der Waals surface area contributed by atoms with Gasteiger partial charge in [0.05, 0.1) is 6.42 Å². The van der Waals surface area contributed by atoms with Crippen LogP contribution < -0.4 is 4.74 Å². The van der Waals surface area contributed by atoms with E-state index in [1.807, 2.05) is 0 Å². The van der Waals surface area contributed by atoms with Gasteiger partial charge in [-0.3, -0.25) is 4.79 Å². The zero-order valence-electron chi connectivity index (χ0n) is 16.5. The largest absolute Gasteiger partial charge is 0.426 e. The third kappa shape index (κ3) is 5.55. The van der Waals surface area contributed by atoms with Gasteiger partial charge in [-0.1, -0.05) is 52.8 Å². The maximum Gasteiger partial charge on any atom is 0.312 e. The zero-order chi connectivity index (χ0) is 18.4. The van der Waals surface area contributed by atoms with Gasteiger partial charge in [0.25, 0.3) is 0 Å². The van der Waals surface area contributed by atoms with Crippen LogP contribution in [0.4, 0.5) is 0 Å². The van der Waals surface area contributed by atoms with Gasteiger partial charge in [-0.25, -0.2) is 0 Å². The molecule has 0 aliphatic carbocycles. The second-order valence-corrected chi connectivity index (χ2v) is 7.57. The molecule has 1 saturated heterocycles. The Hall–Kier alpha value is -1.39. The van der Waals surface area contributed by atoms with Gasteiger partial charge in [0, 0.05) is 32.7 Å². The number of nitrogens with zero attached hydrogens (tertiary/aromatic N) is 2. The van der Waals surface area contributed by atoms with Crippen LogP contribution in [-0.4, -0.2) is 55.0 Å². The Morgan fingerprint density at radius 3 is 2.00 bits per heavy atom. The number of para-hydroxylation sites is 1. The van der Waals surface area contributed by atoms with Gasteiger partial charge < -0.3 is 14.5 Å². The van der Waals surface area contributed by atoms with E-state index in [2.05, 4.69) is 62.6 Å². The quantitative estimate of drug-likeness (QED) is 0.554. The molecule has 2 rings (SSSR count). The third-order valence-electron chi connectivity index (χ3n) is 5.08. The van der Waals surface area contributed by atoms with E-state index in [0.717, 1.165) is 56.1 Å². The number of rotatable bonds is 7. The molecule has 1 aliphatic rings. The molecule has 0 saturated carbocycles. The van der Waals surface area contributed by atoms with Crippen molar-refractivity contribution in [3.05, 3.63) is 29.3 Å². The van der Waals surface area contributed by atoms with Crippen molar-refractivity contribution < 1.29 is 9.53 Å². The van der Waals surface area contributed by atoms with Crippen LogP contribution in [0.25, 0.3) is 0 Å². The first-order chi connectivity index (χ1) is 11.9. The Bertz CT molecular complexity index is 535. The van der Waals surface area contributed by atoms with E-state index >= 15 is 0 Å². The molecule has 0 bridgehead atoms. The molecule has 1 aromatic carbocycles. The number of carbonyl (C=O) groups is 1. The molecule has 140 valence electrons. The van der Waals surface area contributed by atoms with Crippen molar-refractivity contribution in [2.75, 3.05) is 39.3 Å². The molecule has 4 heteroatoms. The predicted molar refractivity (Wildman–Crippen MR) is 103 cm³/mol. The Morgan fingerprint density at radius 2 is 1.52 bits per heavy atom. The third-order valence-corrected chi connectivity index (χ3v) is 5.08. The summed E-state index contributed by atoms with van der Waals surface area (Å²) < 4.78 is 5.86. The van der Waals surface area contributed by atoms with Crippen LogP contribution in [0, 0.1) is 0 Å². The van der Waals surface area contributed by atoms with E-state index in [1.165, 1.54) is 0 Å². The first-order valence-electron chi connectivity index (χ1n) is 9.70. The second-order valence-electron chi connectivity index (χ2n) is 7.57. The van der Waals surface area contributed by atoms with Crippen LogP contribution in [0.3, 0.4) is 0 Å². The highest BCUT2D eigenvalue weighted by Gasteiger charge is 2.20. The summed E-state index contributed by atoms with van der Waals surface area (Å²) in [6.07, 6.45) is 0.454. The number of ether oxygens (including phenoxy) is 1. The average molecular weight is 347 g/mol. The maximum absolute atomic E-state index is 12.5. The number of esters is 1. The highest BCUT2D eigenvalue weighted by atomic mass is 16.5. The highest BCUT2D eigenvalue weighted by Crippen LogP contribution is 2.34. The van der Waals surface area contributed by atoms with Crippen LogP contribution in [0.2, 0.25) is 0 Å². The maximum atomic E-state index is 12.5. The lowest BCUT2D eigenvalue weighted by Crippen LogP contribution is -2.46. The number of piperazine rings is 1. The van der Waals surface area contributed by atoms with Crippen molar-refractivity contribution in [3.8, 4) is 5.75 Å². The fraction of sp³-hybridized carbons (Fsp3) is 0.667. The Labute approximate surface area is 153 Å². The van der Waals surface area contributed by atoms with Crippen LogP contribution in [0.5, 0.6) is 5.75 Å². The summed E-state index contributed by atoms with van der Waals surface area (Å²) in [4.78, 5) is 17.3. The normalized spacial score (nSPS) is 16.6. The van der Waals surface area contributed by atoms with Crippen molar-refractivity contribution in [3.63, 3.8) is 0 Å². The molecule has 1 heterocycles. The molecule has 0 radical (unpaired) electrons. The minimum atomic E-state index is -0.118. The molecule has 25 heavy (non-hydrogen) atoms. The number of likely N-dealkylation sites (N-methyl/N-ethyl adjacent to an activating group) is 1. The molecule has 1 aliphatic heterocycles. The van der Waals surface area contributed by atoms with E-state index in [9.17, 15) is 4.79 Å². The van der Waals surface area contributed by atoms with Gasteiger partial charge in [0.1, 0.15) is 5.75 Å². The highest BCUT2D eigenvalue weighted by molar-refractivity contribution is 5.73. The summed E-state index contributed by atoms with van der Waals surface area (Å²) in [5.74, 6) is 1.34. The Kier molecular flexibility index (Phi) is 7.45. The predicted octanol–water partition coefficient (Wildman–Crippen LogP) is 3.87. The number of carbonyl (C=O) groups excluding carboxylic acids is 1. The van der Waals surface area contributed by atoms with Crippen molar-refractivity contribution in [2.45, 2.75) is 52.9 Å². The van der Waals surface area contributed by atoms with Crippen molar-refractivity contribution in [1.82, 2.24) is 9.80 Å². The topological polar surface area (TPSA) is 32.8 Å². The van der Waals surface area contributed by atoms with Crippen molar-refractivity contribution in [1.29, 1.82) is 0 Å². The second kappa shape index (κ2) is 9.35. The monoisotopic (exact) mass is 346 g/mol. The van der Waals surface area contributed by atoms with Gasteiger partial charge in [-0.2, -0.15) is 0 Å². The standard InChI is InChI=1S/C21H34N2O2/c1-6-22-12-14-23(15-13-22)11-10-20(24)25-21-18(16(2)3)8-7-9-19(21)17(4)5/h7-9,16-17H,6,10-15H2,1-5H3. The zero-order valence-corrected chi connectivity index (χ0v) is 16.5. The molecule has 0 spiro atoms. The van der Waals surface area contributed by atoms with E-state index in [1.54, 1.807) is 0 Å². The molecule has 0 aromatic heterocycles. The van der Waals surface area contributed by atoms with Crippen molar-refractivity contribution >= 4 is 5.97 Å². The summed E-state index contributed by atoms with van der Waals surface area (Å²) >= 11 is 0. The molecule has 1 aromatic rings. The minimum absolute atomic E-state index is 0.118. The van der Waals surface area contributed by atoms with Gasteiger partial charge in [0.2, 0.25) is 0 Å². The lowest BCUT2D eigenvalue weighted by molar-refractivity contribution is -0.135. The molecule has 0 N–H and O–H groups in total. The van der Waals surface area contributed by atoms with Gasteiger partial charge in [-0.15, -0.1) is 0 Å². The summed E-state index contributed by atoms with van der Waals surface area (Å²) in [6.45, 7) is 16.9. The van der Waals surface area contributed by atoms with E-state index < -0.39 is 0 Å². The number of benzene rings is 1. The van der Waals surface area contributed by atoms with Gasteiger partial charge in [0.15, 0.2) is 0 Å². The molecule has 1 fully saturated rings. The fourth-order valence-electron chi connectivity index (χ4n) is 3.34. The molecule has 0 amide bonds. The first-order valence-corrected chi connectivity index (χ1v) is 9.70. The fourth-order valence-corrected chi connectivity index (χ4v) is 3.34. The summed E-state index contributed by atoms with van der Waals surface area (Å²) in [6, 6.07) is 6.21. The van der Waals surface area contributed by atoms with E-state index in [4.69, 9.17) is 4.74 Å². The number of hydrogen-bond acceptors (Lipinski definition) is 4. The van der Waals surface area contributed by atoms with E-state index in [0.29, 0.717) is 18.3 Å². The summed E-state index contributed by atoms with van der Waals surface area (Å²) in [5, 5.41) is 0. The lowest BCUT2D eigenvalue weighted by Gasteiger charge is -2.33. The van der Waals surface area contributed by atoms with Crippen LogP contribution >= 0.6 is 0 Å². The summed E-state index contributed by atoms with van der Waals surface area (Å²) in [7, 11) is 0. The summed E-state index contributed by atoms with van der Waals surface area (Å²) in [5.41, 5.74) is 2.24. The molecule has 0 unspecified atom stereocenters. The lowest BCUT2D eigenvalue weighted by atomic mass is 9.94. The van der Waals surface area contributed by atoms with E-state index in [-0.39, 0.29) is 5.97 Å². The molecular formula is C21H34N2O2. The van der Waals surface area contributed by atoms with Crippen LogP contribution in [-0.2, 0) is 4.79 Å². The minimum Gasteiger partial charge on any atom is -0.426 e. The van der Waals surface area contributed by atoms with Crippen LogP contribution in [0.15, 0.2) is 18.2 Å².